The van der Waals surface area contributed by atoms with Crippen LogP contribution < -0.4 is 5.43 Å². The summed E-state index contributed by atoms with van der Waals surface area (Å²) in [6, 6.07) is 11.7. The van der Waals surface area contributed by atoms with E-state index in [0.29, 0.717) is 0 Å². The van der Waals surface area contributed by atoms with Gasteiger partial charge in [0.2, 0.25) is 0 Å². The molecule has 0 radical (unpaired) electrons. The van der Waals surface area contributed by atoms with E-state index in [1.54, 1.807) is 12.4 Å². The number of thioether (sulfide) groups is 1. The van der Waals surface area contributed by atoms with Crippen molar-refractivity contribution in [1.82, 2.24) is 20.6 Å². The zero-order valence-corrected chi connectivity index (χ0v) is 16.0. The average molecular weight is 384 g/mol. The minimum absolute atomic E-state index is 0.189. The number of benzene rings is 1. The largest absolute Gasteiger partial charge is 0.272 e. The number of amides is 1. The van der Waals surface area contributed by atoms with Gasteiger partial charge in [0.1, 0.15) is 5.69 Å². The predicted octanol–water partition coefficient (Wildman–Crippen LogP) is 3.46. The van der Waals surface area contributed by atoms with Gasteiger partial charge in [0.15, 0.2) is 9.35 Å². The topological polar surface area (TPSA) is 80.1 Å². The molecule has 0 saturated heterocycles. The third kappa shape index (κ3) is 4.96. The third-order valence-corrected chi connectivity index (χ3v) is 5.52. The fraction of sp³-hybridized carbons (Fsp3) is 0.167. The number of hydrogen-bond donors (Lipinski definition) is 1. The maximum Gasteiger partial charge on any atom is 0.250 e. The number of aromatic nitrogens is 3. The molecule has 8 heteroatoms. The number of rotatable bonds is 6. The summed E-state index contributed by atoms with van der Waals surface area (Å²) < 4.78 is 0.722. The van der Waals surface area contributed by atoms with Crippen LogP contribution in [-0.2, 0) is 4.79 Å². The molecular formula is C18H17N5OS2. The number of carbonyl (C=O) groups is 1. The van der Waals surface area contributed by atoms with E-state index in [1.165, 1.54) is 23.1 Å². The molecule has 26 heavy (non-hydrogen) atoms. The zero-order valence-electron chi connectivity index (χ0n) is 14.3. The second-order valence-electron chi connectivity index (χ2n) is 5.53. The van der Waals surface area contributed by atoms with Gasteiger partial charge < -0.3 is 0 Å². The number of nitrogens with zero attached hydrogens (tertiary/aromatic N) is 4. The number of nitrogens with one attached hydrogen (secondary N) is 1. The van der Waals surface area contributed by atoms with Crippen LogP contribution in [0, 0.1) is 13.8 Å². The Bertz CT molecular complexity index is 924. The summed E-state index contributed by atoms with van der Waals surface area (Å²) in [6.07, 6.45) is 3.37. The molecule has 0 fully saturated rings. The second-order valence-corrected chi connectivity index (χ2v) is 7.73. The second kappa shape index (κ2) is 8.68. The van der Waals surface area contributed by atoms with Crippen molar-refractivity contribution in [1.29, 1.82) is 0 Å². The first-order valence-electron chi connectivity index (χ1n) is 7.88. The molecule has 132 valence electrons. The Morgan fingerprint density at radius 1 is 1.27 bits per heavy atom. The molecule has 2 heterocycles. The summed E-state index contributed by atoms with van der Waals surface area (Å²) in [7, 11) is 0. The van der Waals surface area contributed by atoms with Gasteiger partial charge in [0.05, 0.1) is 12.0 Å². The van der Waals surface area contributed by atoms with E-state index in [-0.39, 0.29) is 11.7 Å². The Kier molecular flexibility index (Phi) is 6.08. The first kappa shape index (κ1) is 18.2. The van der Waals surface area contributed by atoms with E-state index in [1.807, 2.05) is 50.2 Å². The van der Waals surface area contributed by atoms with E-state index in [9.17, 15) is 4.79 Å². The Balaban J connectivity index is 1.51. The van der Waals surface area contributed by atoms with Crippen molar-refractivity contribution in [2.75, 3.05) is 5.75 Å². The van der Waals surface area contributed by atoms with Gasteiger partial charge in [-0.25, -0.2) is 5.43 Å². The highest BCUT2D eigenvalue weighted by Crippen LogP contribution is 2.27. The molecule has 6 nitrogen and oxygen atoms in total. The van der Waals surface area contributed by atoms with Crippen LogP contribution >= 0.6 is 23.1 Å². The molecule has 3 aromatic rings. The van der Waals surface area contributed by atoms with E-state index >= 15 is 0 Å². The van der Waals surface area contributed by atoms with Crippen molar-refractivity contribution in [2.24, 2.45) is 5.10 Å². The molecule has 2 aromatic heterocycles. The molecule has 1 aromatic carbocycles. The lowest BCUT2D eigenvalue weighted by Crippen LogP contribution is -2.19. The van der Waals surface area contributed by atoms with Crippen molar-refractivity contribution in [3.63, 3.8) is 0 Å². The molecule has 0 spiro atoms. The summed E-state index contributed by atoms with van der Waals surface area (Å²) in [5.74, 6) is 0.0344. The van der Waals surface area contributed by atoms with Crippen molar-refractivity contribution in [2.45, 2.75) is 18.2 Å². The molecule has 0 atom stereocenters. The normalized spacial score (nSPS) is 11.0. The van der Waals surface area contributed by atoms with Crippen molar-refractivity contribution < 1.29 is 4.79 Å². The number of pyridine rings is 1. The van der Waals surface area contributed by atoms with Gasteiger partial charge in [0, 0.05) is 6.20 Å². The lowest BCUT2D eigenvalue weighted by Gasteiger charge is -2.01. The van der Waals surface area contributed by atoms with Gasteiger partial charge in [-0.1, -0.05) is 52.9 Å². The molecule has 0 unspecified atom stereocenters. The zero-order chi connectivity index (χ0) is 18.4. The Labute approximate surface area is 159 Å². The van der Waals surface area contributed by atoms with Crippen LogP contribution in [-0.4, -0.2) is 33.1 Å². The maximum atomic E-state index is 11.9. The minimum Gasteiger partial charge on any atom is -0.272 e. The van der Waals surface area contributed by atoms with Crippen LogP contribution in [0.5, 0.6) is 0 Å². The van der Waals surface area contributed by atoms with Gasteiger partial charge in [-0.3, -0.25) is 9.78 Å². The van der Waals surface area contributed by atoms with E-state index < -0.39 is 0 Å². The first-order valence-corrected chi connectivity index (χ1v) is 9.69. The number of hydrazone groups is 1. The van der Waals surface area contributed by atoms with Crippen molar-refractivity contribution in [3.8, 4) is 10.7 Å². The highest BCUT2D eigenvalue weighted by molar-refractivity contribution is 8.01. The average Bonchev–Trinajstić information content (AvgIpc) is 3.13. The number of aryl methyl sites for hydroxylation is 2. The van der Waals surface area contributed by atoms with Crippen LogP contribution in [0.4, 0.5) is 0 Å². The highest BCUT2D eigenvalue weighted by atomic mass is 32.2. The maximum absolute atomic E-state index is 11.9. The third-order valence-electron chi connectivity index (χ3n) is 3.44. The van der Waals surface area contributed by atoms with Crippen LogP contribution in [0.2, 0.25) is 0 Å². The molecule has 1 amide bonds. The number of hydrogen-bond acceptors (Lipinski definition) is 7. The van der Waals surface area contributed by atoms with Gasteiger partial charge in [-0.2, -0.15) is 5.10 Å². The minimum atomic E-state index is -0.189. The van der Waals surface area contributed by atoms with E-state index in [2.05, 4.69) is 25.7 Å². The lowest BCUT2D eigenvalue weighted by atomic mass is 10.1. The molecule has 0 aliphatic heterocycles. The fourth-order valence-corrected chi connectivity index (χ4v) is 3.71. The fourth-order valence-electron chi connectivity index (χ4n) is 2.09. The summed E-state index contributed by atoms with van der Waals surface area (Å²) in [5, 5.41) is 13.0. The summed E-state index contributed by atoms with van der Waals surface area (Å²) >= 11 is 2.74. The molecule has 0 saturated carbocycles. The highest BCUT2D eigenvalue weighted by Gasteiger charge is 2.09. The van der Waals surface area contributed by atoms with Crippen molar-refractivity contribution >= 4 is 35.2 Å². The Morgan fingerprint density at radius 2 is 2.15 bits per heavy atom. The smallest absolute Gasteiger partial charge is 0.250 e. The monoisotopic (exact) mass is 383 g/mol. The van der Waals surface area contributed by atoms with Crippen molar-refractivity contribution in [3.05, 3.63) is 59.3 Å². The van der Waals surface area contributed by atoms with Gasteiger partial charge in [-0.15, -0.1) is 10.2 Å². The summed E-state index contributed by atoms with van der Waals surface area (Å²) in [6.45, 7) is 4.03. The molecule has 3 rings (SSSR count). The lowest BCUT2D eigenvalue weighted by molar-refractivity contribution is -0.118. The SMILES string of the molecule is Cc1ccc(C)c(/C=N\NC(=O)CSc2nnc(-c3ccccn3)s2)c1. The Hall–Kier alpha value is -2.58. The molecular weight excluding hydrogens is 366 g/mol. The summed E-state index contributed by atoms with van der Waals surface area (Å²) in [4.78, 5) is 16.2. The number of carbonyl (C=O) groups excluding carboxylic acids is 1. The van der Waals surface area contributed by atoms with E-state index in [4.69, 9.17) is 0 Å². The predicted molar refractivity (Wildman–Crippen MR) is 106 cm³/mol. The van der Waals surface area contributed by atoms with Crippen LogP contribution in [0.15, 0.2) is 52.0 Å². The van der Waals surface area contributed by atoms with Gasteiger partial charge in [-0.05, 0) is 37.1 Å². The molecule has 0 aliphatic rings. The van der Waals surface area contributed by atoms with Gasteiger partial charge in [0.25, 0.3) is 5.91 Å². The molecule has 1 N–H and O–H groups in total. The van der Waals surface area contributed by atoms with Gasteiger partial charge >= 0.3 is 0 Å². The molecule has 0 aliphatic carbocycles. The molecule has 0 bridgehead atoms. The van der Waals surface area contributed by atoms with Crippen LogP contribution in [0.3, 0.4) is 0 Å². The van der Waals surface area contributed by atoms with Crippen LogP contribution in [0.1, 0.15) is 16.7 Å². The van der Waals surface area contributed by atoms with E-state index in [0.717, 1.165) is 31.7 Å². The Morgan fingerprint density at radius 3 is 2.96 bits per heavy atom. The quantitative estimate of drug-likeness (QED) is 0.401. The first-order chi connectivity index (χ1) is 12.6. The van der Waals surface area contributed by atoms with Crippen LogP contribution in [0.25, 0.3) is 10.7 Å². The summed E-state index contributed by atoms with van der Waals surface area (Å²) in [5.41, 5.74) is 6.57. The standard InChI is InChI=1S/C18H17N5OS2/c1-12-6-7-13(2)14(9-12)10-20-21-16(24)11-25-18-23-22-17(26-18)15-5-3-4-8-19-15/h3-10H,11H2,1-2H3,(H,21,24)/b20-10-.